The van der Waals surface area contributed by atoms with E-state index in [1.165, 1.54) is 0 Å². The Bertz CT molecular complexity index is 744. The van der Waals surface area contributed by atoms with Crippen molar-refractivity contribution in [2.24, 2.45) is 0 Å². The zero-order chi connectivity index (χ0) is 26.7. The van der Waals surface area contributed by atoms with Gasteiger partial charge >= 0.3 is 0 Å². The molecule has 3 rings (SSSR count). The molecule has 0 saturated carbocycles. The largest absolute Gasteiger partial charge is 0.421 e. The Balaban J connectivity index is 0. The molecule has 0 fully saturated rings. The van der Waals surface area contributed by atoms with Crippen LogP contribution in [0.15, 0.2) is 91.0 Å². The molecule has 0 radical (unpaired) electrons. The second-order valence-corrected chi connectivity index (χ2v) is 11.7. The summed E-state index contributed by atoms with van der Waals surface area (Å²) >= 11 is 0. The smallest absolute Gasteiger partial charge is 0.285 e. The van der Waals surface area contributed by atoms with Crippen molar-refractivity contribution < 1.29 is 46.3 Å². The molecule has 0 saturated heterocycles. The predicted molar refractivity (Wildman–Crippen MR) is 152 cm³/mol. The predicted octanol–water partition coefficient (Wildman–Crippen LogP) is 3.97. The minimum absolute atomic E-state index is 0. The molecule has 3 aromatic carbocycles. The number of hydrogen-bond donors (Lipinski definition) is 4. The normalized spacial score (nSPS) is 12.5. The van der Waals surface area contributed by atoms with Gasteiger partial charge in [-0.05, 0) is 55.6 Å². The summed E-state index contributed by atoms with van der Waals surface area (Å²) in [6.07, 6.45) is 2.24. The SMILES string of the molecule is CCC(C)O.CCC(C)O.CCC(C)O.O[Si](c1ccccc1)(c1ccccc1)c1ccccc1.[Zr]. The van der Waals surface area contributed by atoms with Crippen LogP contribution in [0.25, 0.3) is 0 Å². The van der Waals surface area contributed by atoms with Gasteiger partial charge in [-0.2, -0.15) is 0 Å². The van der Waals surface area contributed by atoms with Crippen LogP contribution in [0.4, 0.5) is 0 Å². The number of rotatable bonds is 6. The van der Waals surface area contributed by atoms with Gasteiger partial charge in [0.25, 0.3) is 8.32 Å². The molecular weight excluding hydrogens is 544 g/mol. The third-order valence-corrected chi connectivity index (χ3v) is 8.85. The summed E-state index contributed by atoms with van der Waals surface area (Å²) in [5, 5.41) is 28.1. The van der Waals surface area contributed by atoms with Crippen molar-refractivity contribution in [2.75, 3.05) is 0 Å². The Morgan fingerprint density at radius 2 is 0.667 bits per heavy atom. The van der Waals surface area contributed by atoms with E-state index in [9.17, 15) is 4.80 Å². The fraction of sp³-hybridized carbons (Fsp3) is 0.400. The maximum Gasteiger partial charge on any atom is 0.285 e. The van der Waals surface area contributed by atoms with E-state index in [1.54, 1.807) is 20.8 Å². The van der Waals surface area contributed by atoms with Gasteiger partial charge in [-0.25, -0.2) is 0 Å². The molecule has 36 heavy (non-hydrogen) atoms. The molecule has 6 heteroatoms. The van der Waals surface area contributed by atoms with Crippen LogP contribution in [0.2, 0.25) is 0 Å². The van der Waals surface area contributed by atoms with E-state index in [1.807, 2.05) is 112 Å². The minimum atomic E-state index is -2.88. The van der Waals surface area contributed by atoms with Gasteiger partial charge in [-0.1, -0.05) is 112 Å². The van der Waals surface area contributed by atoms with Crippen LogP contribution in [0.3, 0.4) is 0 Å². The van der Waals surface area contributed by atoms with E-state index in [4.69, 9.17) is 15.3 Å². The Morgan fingerprint density at radius 3 is 0.806 bits per heavy atom. The molecule has 3 unspecified atom stereocenters. The molecule has 3 aromatic rings. The van der Waals surface area contributed by atoms with Crippen molar-refractivity contribution in [1.29, 1.82) is 0 Å². The van der Waals surface area contributed by atoms with Gasteiger partial charge in [0.2, 0.25) is 0 Å². The molecule has 0 aliphatic heterocycles. The molecule has 0 aromatic heterocycles. The Labute approximate surface area is 239 Å². The van der Waals surface area contributed by atoms with Gasteiger partial charge in [-0.15, -0.1) is 0 Å². The number of hydrogen-bond acceptors (Lipinski definition) is 4. The molecule has 3 atom stereocenters. The zero-order valence-corrected chi connectivity index (χ0v) is 26.3. The van der Waals surface area contributed by atoms with E-state index in [0.29, 0.717) is 0 Å². The Hall–Kier alpha value is -1.40. The van der Waals surface area contributed by atoms with Crippen LogP contribution >= 0.6 is 0 Å². The summed E-state index contributed by atoms with van der Waals surface area (Å²) in [6.45, 7) is 11.2. The molecule has 0 heterocycles. The number of aliphatic hydroxyl groups is 3. The number of benzene rings is 3. The first-order valence-corrected chi connectivity index (χ1v) is 14.5. The van der Waals surface area contributed by atoms with E-state index < -0.39 is 8.32 Å². The monoisotopic (exact) mass is 588 g/mol. The average molecular weight is 590 g/mol. The third-order valence-electron chi connectivity index (χ3n) is 5.35. The summed E-state index contributed by atoms with van der Waals surface area (Å²) in [5.41, 5.74) is 0. The summed E-state index contributed by atoms with van der Waals surface area (Å²) < 4.78 is 0. The first-order valence-electron chi connectivity index (χ1n) is 12.6. The van der Waals surface area contributed by atoms with E-state index in [-0.39, 0.29) is 44.5 Å². The van der Waals surface area contributed by atoms with Crippen LogP contribution in [-0.4, -0.2) is 46.7 Å². The quantitative estimate of drug-likeness (QED) is 0.259. The third kappa shape index (κ3) is 15.0. The van der Waals surface area contributed by atoms with Gasteiger partial charge in [0.05, 0.1) is 18.3 Å². The van der Waals surface area contributed by atoms with Crippen LogP contribution in [-0.2, 0) is 26.2 Å². The van der Waals surface area contributed by atoms with Gasteiger partial charge in [0.1, 0.15) is 0 Å². The topological polar surface area (TPSA) is 80.9 Å². The molecule has 4 N–H and O–H groups in total. The van der Waals surface area contributed by atoms with E-state index >= 15 is 0 Å². The molecule has 4 nitrogen and oxygen atoms in total. The van der Waals surface area contributed by atoms with Gasteiger partial charge in [0, 0.05) is 26.2 Å². The first kappa shape index (κ1) is 36.8. The standard InChI is InChI=1S/C18H16OSi.3C4H10O.Zr/c19-20(16-10-4-1-5-11-16,17-12-6-2-7-13-17)18-14-8-3-9-15-18;3*1-3-4(2)5;/h1-15,19H;3*4-5H,3H2,1-2H3;. The molecule has 0 spiro atoms. The summed E-state index contributed by atoms with van der Waals surface area (Å²) in [4.78, 5) is 11.6. The maximum absolute atomic E-state index is 11.6. The molecular formula is C30H46O4SiZr. The fourth-order valence-corrected chi connectivity index (χ4v) is 5.56. The van der Waals surface area contributed by atoms with Crippen molar-refractivity contribution in [3.63, 3.8) is 0 Å². The Morgan fingerprint density at radius 1 is 0.500 bits per heavy atom. The van der Waals surface area contributed by atoms with Crippen molar-refractivity contribution in [2.45, 2.75) is 79.1 Å². The number of aliphatic hydroxyl groups excluding tert-OH is 3. The van der Waals surface area contributed by atoms with Crippen molar-refractivity contribution in [3.05, 3.63) is 91.0 Å². The van der Waals surface area contributed by atoms with Gasteiger partial charge in [-0.3, -0.25) is 0 Å². The van der Waals surface area contributed by atoms with E-state index in [0.717, 1.165) is 34.8 Å². The summed E-state index contributed by atoms with van der Waals surface area (Å²) in [7, 11) is -2.88. The molecule has 0 amide bonds. The van der Waals surface area contributed by atoms with Crippen LogP contribution in [0.5, 0.6) is 0 Å². The van der Waals surface area contributed by atoms with Crippen molar-refractivity contribution >= 4 is 23.9 Å². The molecule has 0 aliphatic carbocycles. The summed E-state index contributed by atoms with van der Waals surface area (Å²) in [5.74, 6) is 0. The maximum atomic E-state index is 11.6. The van der Waals surface area contributed by atoms with Crippen LogP contribution < -0.4 is 15.6 Å². The van der Waals surface area contributed by atoms with Gasteiger partial charge in [0.15, 0.2) is 0 Å². The second-order valence-electron chi connectivity index (χ2n) is 8.58. The summed E-state index contributed by atoms with van der Waals surface area (Å²) in [6, 6.07) is 30.0. The molecule has 198 valence electrons. The molecule has 0 bridgehead atoms. The zero-order valence-electron chi connectivity index (χ0n) is 22.8. The van der Waals surface area contributed by atoms with Crippen LogP contribution in [0, 0.1) is 0 Å². The van der Waals surface area contributed by atoms with Crippen molar-refractivity contribution in [3.8, 4) is 0 Å². The van der Waals surface area contributed by atoms with Crippen LogP contribution in [0.1, 0.15) is 60.8 Å². The van der Waals surface area contributed by atoms with Gasteiger partial charge < -0.3 is 20.1 Å². The van der Waals surface area contributed by atoms with E-state index in [2.05, 4.69) is 0 Å². The minimum Gasteiger partial charge on any atom is -0.421 e. The average Bonchev–Trinajstić information content (AvgIpc) is 2.90. The fourth-order valence-electron chi connectivity index (χ4n) is 2.54. The Kier molecular flexibility index (Phi) is 22.1. The molecule has 0 aliphatic rings. The second kappa shape index (κ2) is 21.7. The van der Waals surface area contributed by atoms with Crippen molar-refractivity contribution in [1.82, 2.24) is 0 Å². The first-order chi connectivity index (χ1) is 16.6.